The van der Waals surface area contributed by atoms with Gasteiger partial charge in [-0.05, 0) is 48.1 Å². The van der Waals surface area contributed by atoms with Gasteiger partial charge in [0.25, 0.3) is 0 Å². The van der Waals surface area contributed by atoms with E-state index in [1.165, 1.54) is 11.3 Å². The Morgan fingerprint density at radius 2 is 1.96 bits per heavy atom. The maximum Gasteiger partial charge on any atom is 0.350 e. The summed E-state index contributed by atoms with van der Waals surface area (Å²) < 4.78 is 5.10. The van der Waals surface area contributed by atoms with E-state index in [1.54, 1.807) is 6.92 Å². The second-order valence-electron chi connectivity index (χ2n) is 6.54. The van der Waals surface area contributed by atoms with E-state index in [0.29, 0.717) is 23.2 Å². The van der Waals surface area contributed by atoms with E-state index in [-0.39, 0.29) is 36.0 Å². The maximum atomic E-state index is 12.0. The molecule has 9 heteroatoms. The summed E-state index contributed by atoms with van der Waals surface area (Å²) >= 11 is 1.37. The summed E-state index contributed by atoms with van der Waals surface area (Å²) in [5.74, 6) is 0.454. The Balaban J connectivity index is 0.00000729. The minimum absolute atomic E-state index is 0. The van der Waals surface area contributed by atoms with Gasteiger partial charge in [-0.25, -0.2) is 9.78 Å². The first kappa shape index (κ1) is 27.1. The Morgan fingerprint density at radius 3 is 2.50 bits per heavy atom. The topological polar surface area (TPSA) is 78.9 Å². The summed E-state index contributed by atoms with van der Waals surface area (Å²) in [7, 11) is 0. The van der Waals surface area contributed by atoms with Gasteiger partial charge >= 0.3 is 5.97 Å². The van der Waals surface area contributed by atoms with Gasteiger partial charge in [0.2, 0.25) is 0 Å². The molecule has 2 N–H and O–H groups in total. The van der Waals surface area contributed by atoms with Crippen molar-refractivity contribution in [2.24, 2.45) is 4.99 Å². The summed E-state index contributed by atoms with van der Waals surface area (Å²) in [5.41, 5.74) is 0.708. The van der Waals surface area contributed by atoms with E-state index in [9.17, 15) is 4.79 Å². The molecule has 0 bridgehead atoms. The lowest BCUT2D eigenvalue weighted by atomic mass is 10.3. The largest absolute Gasteiger partial charge is 0.462 e. The first-order chi connectivity index (χ1) is 12.8. The number of carbonyl (C=O) groups excluding carboxylic acids is 1. The van der Waals surface area contributed by atoms with Gasteiger partial charge in [0, 0.05) is 19.1 Å². The second-order valence-corrected chi connectivity index (χ2v) is 7.57. The van der Waals surface area contributed by atoms with Crippen LogP contribution >= 0.6 is 35.3 Å². The van der Waals surface area contributed by atoms with Crippen molar-refractivity contribution in [1.82, 2.24) is 20.5 Å². The maximum absolute atomic E-state index is 12.0. The molecule has 28 heavy (non-hydrogen) atoms. The molecule has 0 aliphatic heterocycles. The average molecular weight is 526 g/mol. The molecule has 0 saturated heterocycles. The van der Waals surface area contributed by atoms with Crippen molar-refractivity contribution in [3.05, 3.63) is 15.6 Å². The smallest absolute Gasteiger partial charge is 0.350 e. The van der Waals surface area contributed by atoms with E-state index >= 15 is 0 Å². The van der Waals surface area contributed by atoms with Crippen LogP contribution in [0, 0.1) is 6.92 Å². The average Bonchev–Trinajstić information content (AvgIpc) is 3.00. The molecule has 0 aliphatic carbocycles. The van der Waals surface area contributed by atoms with E-state index in [1.807, 2.05) is 20.8 Å². The van der Waals surface area contributed by atoms with Gasteiger partial charge in [0.15, 0.2) is 5.96 Å². The number of aromatic nitrogens is 1. The number of aryl methyl sites for hydroxylation is 1. The van der Waals surface area contributed by atoms with Crippen molar-refractivity contribution in [3.8, 4) is 0 Å². The molecule has 1 aromatic heterocycles. The third kappa shape index (κ3) is 8.60. The number of hydrogen-bond donors (Lipinski definition) is 2. The Morgan fingerprint density at radius 1 is 1.29 bits per heavy atom. The zero-order valence-electron chi connectivity index (χ0n) is 18.2. The number of halogens is 1. The summed E-state index contributed by atoms with van der Waals surface area (Å²) in [4.78, 5) is 24.2. The van der Waals surface area contributed by atoms with Gasteiger partial charge in [-0.3, -0.25) is 9.89 Å². The molecule has 0 amide bonds. The monoisotopic (exact) mass is 525 g/mol. The van der Waals surface area contributed by atoms with Crippen LogP contribution in [0.5, 0.6) is 0 Å². The molecular formula is C19H36IN5O2S. The van der Waals surface area contributed by atoms with Gasteiger partial charge in [0.1, 0.15) is 9.88 Å². The molecule has 7 nitrogen and oxygen atoms in total. The number of aliphatic imine (C=N–C) groups is 1. The van der Waals surface area contributed by atoms with Crippen LogP contribution in [0.4, 0.5) is 0 Å². The van der Waals surface area contributed by atoms with Gasteiger partial charge in [-0.1, -0.05) is 6.92 Å². The highest BCUT2D eigenvalue weighted by atomic mass is 127. The summed E-state index contributed by atoms with van der Waals surface area (Å²) in [6, 6.07) is 0.460. The molecular weight excluding hydrogens is 489 g/mol. The molecule has 0 saturated carbocycles. The molecule has 1 unspecified atom stereocenters. The van der Waals surface area contributed by atoms with Crippen molar-refractivity contribution < 1.29 is 9.53 Å². The quantitative estimate of drug-likeness (QED) is 0.211. The van der Waals surface area contributed by atoms with Gasteiger partial charge in [-0.2, -0.15) is 0 Å². The van der Waals surface area contributed by atoms with Crippen molar-refractivity contribution in [3.63, 3.8) is 0 Å². The van der Waals surface area contributed by atoms with Crippen molar-refractivity contribution >= 4 is 47.2 Å². The second kappa shape index (κ2) is 14.1. The lowest BCUT2D eigenvalue weighted by molar-refractivity contribution is 0.0531. The summed E-state index contributed by atoms with van der Waals surface area (Å²) in [5, 5.41) is 7.50. The number of esters is 1. The Hall–Kier alpha value is -0.940. The predicted octanol–water partition coefficient (Wildman–Crippen LogP) is 3.59. The highest BCUT2D eigenvalue weighted by molar-refractivity contribution is 14.0. The molecule has 0 radical (unpaired) electrons. The highest BCUT2D eigenvalue weighted by Crippen LogP contribution is 2.24. The summed E-state index contributed by atoms with van der Waals surface area (Å²) in [6.07, 6.45) is 0. The van der Waals surface area contributed by atoms with E-state index < -0.39 is 0 Å². The Bertz CT molecular complexity index is 621. The van der Waals surface area contributed by atoms with Crippen LogP contribution < -0.4 is 10.6 Å². The summed E-state index contributed by atoms with van der Waals surface area (Å²) in [6.45, 7) is 18.1. The fraction of sp³-hybridized carbons (Fsp3) is 0.737. The highest BCUT2D eigenvalue weighted by Gasteiger charge is 2.20. The number of thiazole rings is 1. The SMILES string of the molecule is CCNC(=NCCN(CC)C(C)C)NC(C)c1nc(C)c(C(=O)OCC)s1.I. The Kier molecular flexibility index (Phi) is 13.6. The molecule has 1 heterocycles. The van der Waals surface area contributed by atoms with Crippen LogP contribution in [0.1, 0.15) is 68.0 Å². The normalized spacial score (nSPS) is 12.7. The number of nitrogens with zero attached hydrogens (tertiary/aromatic N) is 3. The van der Waals surface area contributed by atoms with Gasteiger partial charge < -0.3 is 15.4 Å². The van der Waals surface area contributed by atoms with E-state index in [2.05, 4.69) is 46.3 Å². The van der Waals surface area contributed by atoms with Crippen LogP contribution in [-0.2, 0) is 4.74 Å². The van der Waals surface area contributed by atoms with Crippen LogP contribution in [0.3, 0.4) is 0 Å². The van der Waals surface area contributed by atoms with E-state index in [4.69, 9.17) is 4.74 Å². The van der Waals surface area contributed by atoms with E-state index in [0.717, 1.165) is 37.1 Å². The zero-order chi connectivity index (χ0) is 20.4. The van der Waals surface area contributed by atoms with Crippen LogP contribution in [0.25, 0.3) is 0 Å². The minimum atomic E-state index is -0.306. The van der Waals surface area contributed by atoms with Gasteiger partial charge in [0.05, 0.1) is 24.9 Å². The number of carbonyl (C=O) groups is 1. The standard InChI is InChI=1S/C19H35N5O2S.HI/c1-8-20-19(21-11-12-24(9-2)13(4)5)23-15(7)17-22-14(6)16(27-17)18(25)26-10-3;/h13,15H,8-12H2,1-7H3,(H2,20,21,23);1H. The van der Waals surface area contributed by atoms with Crippen molar-refractivity contribution in [1.29, 1.82) is 0 Å². The predicted molar refractivity (Wildman–Crippen MR) is 128 cm³/mol. The first-order valence-electron chi connectivity index (χ1n) is 9.77. The molecule has 0 aromatic carbocycles. The molecule has 0 aliphatic rings. The number of likely N-dealkylation sites (N-methyl/N-ethyl adjacent to an activating group) is 1. The molecule has 1 atom stereocenters. The fourth-order valence-corrected chi connectivity index (χ4v) is 3.61. The number of rotatable bonds is 10. The number of ether oxygens (including phenoxy) is 1. The van der Waals surface area contributed by atoms with Crippen LogP contribution in [0.15, 0.2) is 4.99 Å². The van der Waals surface area contributed by atoms with Crippen molar-refractivity contribution in [2.75, 3.05) is 32.8 Å². The fourth-order valence-electron chi connectivity index (χ4n) is 2.65. The number of guanidine groups is 1. The minimum Gasteiger partial charge on any atom is -0.462 e. The third-order valence-electron chi connectivity index (χ3n) is 4.14. The lowest BCUT2D eigenvalue weighted by Crippen LogP contribution is -2.40. The molecule has 1 aromatic rings. The zero-order valence-corrected chi connectivity index (χ0v) is 21.3. The molecule has 0 spiro atoms. The number of hydrogen-bond acceptors (Lipinski definition) is 6. The molecule has 0 fully saturated rings. The third-order valence-corrected chi connectivity index (χ3v) is 5.46. The Labute approximate surface area is 190 Å². The van der Waals surface area contributed by atoms with Crippen LogP contribution in [-0.4, -0.2) is 60.6 Å². The van der Waals surface area contributed by atoms with Crippen molar-refractivity contribution in [2.45, 2.75) is 60.5 Å². The first-order valence-corrected chi connectivity index (χ1v) is 10.6. The lowest BCUT2D eigenvalue weighted by Gasteiger charge is -2.24. The van der Waals surface area contributed by atoms with Gasteiger partial charge in [-0.15, -0.1) is 35.3 Å². The van der Waals surface area contributed by atoms with Crippen LogP contribution in [0.2, 0.25) is 0 Å². The molecule has 162 valence electrons. The molecule has 1 rings (SSSR count). The number of nitrogens with one attached hydrogen (secondary N) is 2.